The summed E-state index contributed by atoms with van der Waals surface area (Å²) in [7, 11) is 0. The van der Waals surface area contributed by atoms with Crippen molar-refractivity contribution >= 4 is 0 Å². The molecule has 4 aromatic rings. The topological polar surface area (TPSA) is 90.2 Å². The number of hydrogen-bond acceptors (Lipinski definition) is 5. The van der Waals surface area contributed by atoms with Crippen LogP contribution in [0.1, 0.15) is 22.3 Å². The standard InChI is InChI=1S/C28H26O5/c29-23-12-8-19(9-13-23)4-5-22-11-15-26(31)28(18-22)33-24-3-1-2-20(16-24)6-7-21-10-14-25(30)27(32)17-21/h1-3,8-18,29-32H,4-7H2. The van der Waals surface area contributed by atoms with Crippen LogP contribution in [0.3, 0.4) is 0 Å². The van der Waals surface area contributed by atoms with Gasteiger partial charge >= 0.3 is 0 Å². The molecule has 0 aliphatic carbocycles. The van der Waals surface area contributed by atoms with E-state index in [1.54, 1.807) is 30.3 Å². The molecule has 0 aliphatic heterocycles. The van der Waals surface area contributed by atoms with Gasteiger partial charge in [-0.3, -0.25) is 0 Å². The fourth-order valence-electron chi connectivity index (χ4n) is 3.65. The van der Waals surface area contributed by atoms with E-state index in [-0.39, 0.29) is 23.0 Å². The van der Waals surface area contributed by atoms with E-state index in [2.05, 4.69) is 0 Å². The molecule has 0 aliphatic rings. The Morgan fingerprint density at radius 3 is 1.76 bits per heavy atom. The Hall–Kier alpha value is -4.12. The third-order valence-electron chi connectivity index (χ3n) is 5.53. The van der Waals surface area contributed by atoms with Crippen LogP contribution < -0.4 is 4.74 Å². The zero-order chi connectivity index (χ0) is 23.2. The molecule has 0 amide bonds. The second-order valence-electron chi connectivity index (χ2n) is 8.04. The van der Waals surface area contributed by atoms with E-state index in [9.17, 15) is 20.4 Å². The second-order valence-corrected chi connectivity index (χ2v) is 8.04. The summed E-state index contributed by atoms with van der Waals surface area (Å²) in [5, 5.41) is 38.8. The van der Waals surface area contributed by atoms with Crippen molar-refractivity contribution in [1.29, 1.82) is 0 Å². The van der Waals surface area contributed by atoms with Crippen molar-refractivity contribution in [2.45, 2.75) is 25.7 Å². The Kier molecular flexibility index (Phi) is 6.69. The van der Waals surface area contributed by atoms with Crippen LogP contribution in [0.15, 0.2) is 84.9 Å². The fourth-order valence-corrected chi connectivity index (χ4v) is 3.65. The zero-order valence-electron chi connectivity index (χ0n) is 18.1. The first-order valence-electron chi connectivity index (χ1n) is 10.8. The highest BCUT2D eigenvalue weighted by Gasteiger charge is 2.08. The normalized spacial score (nSPS) is 10.8. The SMILES string of the molecule is Oc1ccc(CCc2ccc(O)c(Oc3cccc(CCc4ccc(O)c(O)c4)c3)c2)cc1. The lowest BCUT2D eigenvalue weighted by molar-refractivity contribution is 0.403. The van der Waals surface area contributed by atoms with E-state index in [0.29, 0.717) is 17.9 Å². The highest BCUT2D eigenvalue weighted by atomic mass is 16.5. The first-order chi connectivity index (χ1) is 16.0. The van der Waals surface area contributed by atoms with Crippen molar-refractivity contribution in [2.75, 3.05) is 0 Å². The van der Waals surface area contributed by atoms with Crippen molar-refractivity contribution < 1.29 is 25.2 Å². The lowest BCUT2D eigenvalue weighted by atomic mass is 10.0. The Labute approximate surface area is 192 Å². The van der Waals surface area contributed by atoms with Crippen molar-refractivity contribution in [1.82, 2.24) is 0 Å². The van der Waals surface area contributed by atoms with Crippen LogP contribution in [0.4, 0.5) is 0 Å². The fraction of sp³-hybridized carbons (Fsp3) is 0.143. The monoisotopic (exact) mass is 442 g/mol. The third-order valence-corrected chi connectivity index (χ3v) is 5.53. The minimum atomic E-state index is -0.126. The Balaban J connectivity index is 1.41. The summed E-state index contributed by atoms with van der Waals surface area (Å²) in [5.74, 6) is 1.12. The van der Waals surface area contributed by atoms with Gasteiger partial charge in [0.25, 0.3) is 0 Å². The average Bonchev–Trinajstić information content (AvgIpc) is 2.82. The van der Waals surface area contributed by atoms with E-state index in [4.69, 9.17) is 4.74 Å². The molecule has 5 heteroatoms. The minimum absolute atomic E-state index is 0.0772. The molecule has 0 saturated heterocycles. The first-order valence-corrected chi connectivity index (χ1v) is 10.8. The first kappa shape index (κ1) is 22.1. The summed E-state index contributed by atoms with van der Waals surface area (Å²) in [6.07, 6.45) is 3.03. The predicted octanol–water partition coefficient (Wildman–Crippen LogP) is 5.87. The van der Waals surface area contributed by atoms with Gasteiger partial charge in [-0.25, -0.2) is 0 Å². The summed E-state index contributed by atoms with van der Waals surface area (Å²) in [4.78, 5) is 0. The molecule has 168 valence electrons. The smallest absolute Gasteiger partial charge is 0.169 e. The van der Waals surface area contributed by atoms with Gasteiger partial charge in [0.15, 0.2) is 23.0 Å². The van der Waals surface area contributed by atoms with Crippen LogP contribution in [-0.4, -0.2) is 20.4 Å². The van der Waals surface area contributed by atoms with E-state index in [1.165, 1.54) is 6.07 Å². The number of hydrogen-bond donors (Lipinski definition) is 4. The van der Waals surface area contributed by atoms with Gasteiger partial charge in [-0.05, 0) is 96.5 Å². The maximum atomic E-state index is 10.3. The van der Waals surface area contributed by atoms with Gasteiger partial charge in [0.1, 0.15) is 11.5 Å². The summed E-state index contributed by atoms with van der Waals surface area (Å²) in [6.45, 7) is 0. The highest BCUT2D eigenvalue weighted by Crippen LogP contribution is 2.32. The predicted molar refractivity (Wildman–Crippen MR) is 127 cm³/mol. The van der Waals surface area contributed by atoms with Gasteiger partial charge < -0.3 is 25.2 Å². The molecule has 0 heterocycles. The molecular formula is C28H26O5. The number of rotatable bonds is 8. The van der Waals surface area contributed by atoms with Crippen LogP contribution in [0.2, 0.25) is 0 Å². The molecule has 33 heavy (non-hydrogen) atoms. The number of aryl methyl sites for hydroxylation is 4. The summed E-state index contributed by atoms with van der Waals surface area (Å²) >= 11 is 0. The molecule has 4 aromatic carbocycles. The maximum absolute atomic E-state index is 10.3. The van der Waals surface area contributed by atoms with Gasteiger partial charge in [-0.2, -0.15) is 0 Å². The van der Waals surface area contributed by atoms with Crippen LogP contribution in [-0.2, 0) is 25.7 Å². The molecule has 0 radical (unpaired) electrons. The van der Waals surface area contributed by atoms with Crippen LogP contribution >= 0.6 is 0 Å². The van der Waals surface area contributed by atoms with Gasteiger partial charge in [0.05, 0.1) is 0 Å². The molecule has 5 nitrogen and oxygen atoms in total. The number of ether oxygens (including phenoxy) is 1. The molecule has 0 saturated carbocycles. The van der Waals surface area contributed by atoms with Gasteiger partial charge in [0.2, 0.25) is 0 Å². The van der Waals surface area contributed by atoms with E-state index >= 15 is 0 Å². The van der Waals surface area contributed by atoms with Crippen LogP contribution in [0.25, 0.3) is 0 Å². The molecular weight excluding hydrogens is 416 g/mol. The van der Waals surface area contributed by atoms with Gasteiger partial charge in [-0.1, -0.05) is 36.4 Å². The Morgan fingerprint density at radius 2 is 1.06 bits per heavy atom. The lowest BCUT2D eigenvalue weighted by Gasteiger charge is -2.11. The quantitative estimate of drug-likeness (QED) is 0.256. The molecule has 4 N–H and O–H groups in total. The largest absolute Gasteiger partial charge is 0.508 e. The molecule has 0 spiro atoms. The number of phenolic OH excluding ortho intramolecular Hbond substituents is 4. The number of benzene rings is 4. The highest BCUT2D eigenvalue weighted by molar-refractivity contribution is 5.45. The molecule has 0 aromatic heterocycles. The van der Waals surface area contributed by atoms with E-state index in [1.807, 2.05) is 48.5 Å². The van der Waals surface area contributed by atoms with E-state index < -0.39 is 0 Å². The minimum Gasteiger partial charge on any atom is -0.508 e. The van der Waals surface area contributed by atoms with Crippen LogP contribution in [0, 0.1) is 0 Å². The lowest BCUT2D eigenvalue weighted by Crippen LogP contribution is -1.94. The molecule has 0 fully saturated rings. The third kappa shape index (κ3) is 5.98. The summed E-state index contributed by atoms with van der Waals surface area (Å²) in [5.41, 5.74) is 4.15. The van der Waals surface area contributed by atoms with Crippen molar-refractivity contribution in [3.8, 4) is 34.5 Å². The maximum Gasteiger partial charge on any atom is 0.169 e. The van der Waals surface area contributed by atoms with Gasteiger partial charge in [-0.15, -0.1) is 0 Å². The van der Waals surface area contributed by atoms with Crippen molar-refractivity contribution in [2.24, 2.45) is 0 Å². The average molecular weight is 443 g/mol. The Bertz CT molecular complexity index is 1230. The molecule has 0 unspecified atom stereocenters. The molecule has 4 rings (SSSR count). The summed E-state index contributed by atoms with van der Waals surface area (Å²) in [6, 6.07) is 25.1. The van der Waals surface area contributed by atoms with Crippen molar-refractivity contribution in [3.05, 3.63) is 107 Å². The zero-order valence-corrected chi connectivity index (χ0v) is 18.1. The number of aromatic hydroxyl groups is 4. The second kappa shape index (κ2) is 10.0. The summed E-state index contributed by atoms with van der Waals surface area (Å²) < 4.78 is 5.99. The number of phenols is 4. The van der Waals surface area contributed by atoms with E-state index in [0.717, 1.165) is 41.5 Å². The van der Waals surface area contributed by atoms with Gasteiger partial charge in [0, 0.05) is 0 Å². The van der Waals surface area contributed by atoms with Crippen molar-refractivity contribution in [3.63, 3.8) is 0 Å². The Morgan fingerprint density at radius 1 is 0.485 bits per heavy atom. The molecule has 0 bridgehead atoms. The molecule has 0 atom stereocenters. The van der Waals surface area contributed by atoms with Crippen LogP contribution in [0.5, 0.6) is 34.5 Å².